The molecule has 0 fully saturated rings. The number of carbonyl (C=O) groups is 2. The molecule has 0 heterocycles. The molecule has 5 nitrogen and oxygen atoms in total. The lowest BCUT2D eigenvalue weighted by Crippen LogP contribution is -2.21. The number of hydrogen-bond donors (Lipinski definition) is 1. The Labute approximate surface area is 143 Å². The highest BCUT2D eigenvalue weighted by Gasteiger charge is 2.17. The zero-order valence-electron chi connectivity index (χ0n) is 13.6. The van der Waals surface area contributed by atoms with E-state index in [1.54, 1.807) is 37.3 Å². The summed E-state index contributed by atoms with van der Waals surface area (Å²) in [7, 11) is -1.27. The Hall–Kier alpha value is -2.47. The Bertz CT molecular complexity index is 773. The molecule has 1 N–H and O–H groups in total. The number of anilines is 1. The monoisotopic (exact) mass is 345 g/mol. The lowest BCUT2D eigenvalue weighted by Gasteiger charge is -2.09. The summed E-state index contributed by atoms with van der Waals surface area (Å²) >= 11 is 0. The van der Waals surface area contributed by atoms with Crippen LogP contribution in [0.3, 0.4) is 0 Å². The van der Waals surface area contributed by atoms with Crippen molar-refractivity contribution in [2.24, 2.45) is 0 Å². The van der Waals surface area contributed by atoms with Crippen molar-refractivity contribution in [1.82, 2.24) is 0 Å². The van der Waals surface area contributed by atoms with Crippen LogP contribution in [0.4, 0.5) is 5.69 Å². The molecule has 0 radical (unpaired) electrons. The highest BCUT2D eigenvalue weighted by atomic mass is 32.2. The van der Waals surface area contributed by atoms with Gasteiger partial charge in [-0.25, -0.2) is 4.79 Å². The summed E-state index contributed by atoms with van der Waals surface area (Å²) in [5.41, 5.74) is 1.88. The third kappa shape index (κ3) is 4.76. The molecule has 2 aromatic rings. The Morgan fingerprint density at radius 1 is 1.12 bits per heavy atom. The van der Waals surface area contributed by atoms with E-state index in [2.05, 4.69) is 5.32 Å². The molecule has 2 rings (SSSR count). The van der Waals surface area contributed by atoms with Gasteiger partial charge in [0.05, 0.1) is 21.3 Å². The van der Waals surface area contributed by atoms with Gasteiger partial charge in [-0.3, -0.25) is 9.00 Å². The predicted molar refractivity (Wildman–Crippen MR) is 93.5 cm³/mol. The van der Waals surface area contributed by atoms with E-state index in [0.717, 1.165) is 5.56 Å². The Morgan fingerprint density at radius 2 is 1.88 bits per heavy atom. The number of benzene rings is 2. The minimum absolute atomic E-state index is 0.223. The number of rotatable bonds is 6. The first-order valence-corrected chi connectivity index (χ1v) is 8.84. The summed E-state index contributed by atoms with van der Waals surface area (Å²) in [5, 5.41) is 2.66. The molecule has 1 amide bonds. The van der Waals surface area contributed by atoms with Crippen LogP contribution < -0.4 is 5.32 Å². The smallest absolute Gasteiger partial charge is 0.339 e. The summed E-state index contributed by atoms with van der Waals surface area (Å²) in [5.74, 6) is -0.687. The Morgan fingerprint density at radius 3 is 2.58 bits per heavy atom. The van der Waals surface area contributed by atoms with Crippen molar-refractivity contribution in [3.8, 4) is 0 Å². The maximum absolute atomic E-state index is 12.2. The fourth-order valence-corrected chi connectivity index (χ4v) is 3.06. The van der Waals surface area contributed by atoms with E-state index < -0.39 is 29.3 Å². The van der Waals surface area contributed by atoms with E-state index >= 15 is 0 Å². The van der Waals surface area contributed by atoms with E-state index in [-0.39, 0.29) is 5.56 Å². The zero-order valence-corrected chi connectivity index (χ0v) is 14.4. The molecule has 0 bridgehead atoms. The van der Waals surface area contributed by atoms with Gasteiger partial charge in [0.2, 0.25) is 0 Å². The standard InChI is InChI=1S/C18H19NO4S/c1-3-24(22)16-10-5-4-9-15(16)18(21)23-12-17(20)19-14-8-6-7-13(2)11-14/h4-11H,3,12H2,1-2H3,(H,19,20)/t24-/m1/s1. The second-order valence-electron chi connectivity index (χ2n) is 5.12. The van der Waals surface area contributed by atoms with Crippen LogP contribution in [0.1, 0.15) is 22.8 Å². The van der Waals surface area contributed by atoms with Crippen molar-refractivity contribution < 1.29 is 18.5 Å². The summed E-state index contributed by atoms with van der Waals surface area (Å²) in [6.07, 6.45) is 0. The van der Waals surface area contributed by atoms with Gasteiger partial charge in [-0.05, 0) is 36.8 Å². The molecule has 0 aliphatic heterocycles. The normalized spacial score (nSPS) is 11.6. The molecule has 24 heavy (non-hydrogen) atoms. The zero-order chi connectivity index (χ0) is 17.5. The number of esters is 1. The summed E-state index contributed by atoms with van der Waals surface area (Å²) in [6, 6.07) is 13.9. The first-order chi connectivity index (χ1) is 11.5. The fourth-order valence-electron chi connectivity index (χ4n) is 2.12. The largest absolute Gasteiger partial charge is 0.452 e. The first kappa shape index (κ1) is 17.9. The predicted octanol–water partition coefficient (Wildman–Crippen LogP) is 2.92. The van der Waals surface area contributed by atoms with Crippen LogP contribution in [0.2, 0.25) is 0 Å². The van der Waals surface area contributed by atoms with Crippen LogP contribution in [0, 0.1) is 6.92 Å². The molecule has 2 aromatic carbocycles. The molecule has 0 saturated heterocycles. The quantitative estimate of drug-likeness (QED) is 0.817. The second kappa shape index (κ2) is 8.40. The number of ether oxygens (including phenoxy) is 1. The minimum Gasteiger partial charge on any atom is -0.452 e. The van der Waals surface area contributed by atoms with Crippen LogP contribution in [0.25, 0.3) is 0 Å². The molecule has 0 aromatic heterocycles. The number of aryl methyl sites for hydroxylation is 1. The molecule has 0 saturated carbocycles. The van der Waals surface area contributed by atoms with Gasteiger partial charge >= 0.3 is 5.97 Å². The van der Waals surface area contributed by atoms with Gasteiger partial charge < -0.3 is 10.1 Å². The Balaban J connectivity index is 1.98. The van der Waals surface area contributed by atoms with Crippen molar-refractivity contribution >= 4 is 28.4 Å². The molecule has 0 spiro atoms. The number of carbonyl (C=O) groups excluding carboxylic acids is 2. The number of nitrogens with one attached hydrogen (secondary N) is 1. The SMILES string of the molecule is CC[S@@](=O)c1ccccc1C(=O)OCC(=O)Nc1cccc(C)c1. The van der Waals surface area contributed by atoms with Gasteiger partial charge in [0.25, 0.3) is 5.91 Å². The maximum Gasteiger partial charge on any atom is 0.339 e. The summed E-state index contributed by atoms with van der Waals surface area (Å²) in [6.45, 7) is 3.29. The molecular formula is C18H19NO4S. The third-order valence-corrected chi connectivity index (χ3v) is 4.62. The Kier molecular flexibility index (Phi) is 6.26. The van der Waals surface area contributed by atoms with Crippen LogP contribution in [-0.2, 0) is 20.3 Å². The van der Waals surface area contributed by atoms with Gasteiger partial charge in [-0.2, -0.15) is 0 Å². The van der Waals surface area contributed by atoms with Crippen LogP contribution in [0.15, 0.2) is 53.4 Å². The van der Waals surface area contributed by atoms with Gasteiger partial charge in [-0.1, -0.05) is 31.2 Å². The van der Waals surface area contributed by atoms with E-state index in [9.17, 15) is 13.8 Å². The summed E-state index contributed by atoms with van der Waals surface area (Å²) < 4.78 is 17.0. The molecular weight excluding hydrogens is 326 g/mol. The van der Waals surface area contributed by atoms with Crippen molar-refractivity contribution in [3.63, 3.8) is 0 Å². The van der Waals surface area contributed by atoms with E-state index in [0.29, 0.717) is 16.3 Å². The van der Waals surface area contributed by atoms with Gasteiger partial charge in [-0.15, -0.1) is 0 Å². The van der Waals surface area contributed by atoms with Crippen LogP contribution in [0.5, 0.6) is 0 Å². The van der Waals surface area contributed by atoms with Crippen molar-refractivity contribution in [2.45, 2.75) is 18.7 Å². The second-order valence-corrected chi connectivity index (χ2v) is 6.83. The number of amides is 1. The lowest BCUT2D eigenvalue weighted by molar-refractivity contribution is -0.119. The number of hydrogen-bond acceptors (Lipinski definition) is 4. The molecule has 1 atom stereocenters. The molecule has 0 aliphatic rings. The average molecular weight is 345 g/mol. The van der Waals surface area contributed by atoms with Crippen molar-refractivity contribution in [3.05, 3.63) is 59.7 Å². The first-order valence-electron chi connectivity index (χ1n) is 7.52. The van der Waals surface area contributed by atoms with Crippen molar-refractivity contribution in [1.29, 1.82) is 0 Å². The fraction of sp³-hybridized carbons (Fsp3) is 0.222. The third-order valence-electron chi connectivity index (χ3n) is 3.25. The lowest BCUT2D eigenvalue weighted by atomic mass is 10.2. The average Bonchev–Trinajstić information content (AvgIpc) is 2.59. The molecule has 0 unspecified atom stereocenters. The highest BCUT2D eigenvalue weighted by molar-refractivity contribution is 7.85. The van der Waals surface area contributed by atoms with Gasteiger partial charge in [0.1, 0.15) is 0 Å². The minimum atomic E-state index is -1.27. The molecule has 126 valence electrons. The van der Waals surface area contributed by atoms with E-state index in [1.807, 2.05) is 25.1 Å². The highest BCUT2D eigenvalue weighted by Crippen LogP contribution is 2.15. The van der Waals surface area contributed by atoms with Crippen LogP contribution >= 0.6 is 0 Å². The topological polar surface area (TPSA) is 72.5 Å². The van der Waals surface area contributed by atoms with E-state index in [4.69, 9.17) is 4.74 Å². The summed E-state index contributed by atoms with van der Waals surface area (Å²) in [4.78, 5) is 24.5. The van der Waals surface area contributed by atoms with Gasteiger partial charge in [0.15, 0.2) is 6.61 Å². The maximum atomic E-state index is 12.2. The molecule has 6 heteroatoms. The molecule has 0 aliphatic carbocycles. The van der Waals surface area contributed by atoms with Gasteiger partial charge in [0, 0.05) is 11.4 Å². The van der Waals surface area contributed by atoms with Crippen LogP contribution in [-0.4, -0.2) is 28.4 Å². The van der Waals surface area contributed by atoms with Crippen molar-refractivity contribution in [2.75, 3.05) is 17.7 Å². The van der Waals surface area contributed by atoms with E-state index in [1.165, 1.54) is 0 Å².